The molecule has 2 unspecified atom stereocenters. The molecule has 0 heterocycles. The second-order valence-electron chi connectivity index (χ2n) is 8.25. The minimum absolute atomic E-state index is 0.153. The van der Waals surface area contributed by atoms with Crippen molar-refractivity contribution in [2.45, 2.75) is 72.8 Å². The molecule has 0 amide bonds. The van der Waals surface area contributed by atoms with Crippen LogP contribution < -0.4 is 9.61 Å². The maximum absolute atomic E-state index is 13.6. The maximum atomic E-state index is 13.6. The molecular weight excluding hydrogens is 389 g/mol. The summed E-state index contributed by atoms with van der Waals surface area (Å²) in [4.78, 5) is 12.3. The van der Waals surface area contributed by atoms with E-state index in [1.54, 1.807) is 6.92 Å². The molecule has 1 aromatic carbocycles. The standard InChI is InChI=1S/C22H38NO5P/c1-9-17(6)13-27-22(24)18(7)23-29(25,14-26-8)28-21-19(15(2)3)11-10-12-20(21)16(4)5/h10-12,15-18H,9,13-14H2,1-8H3,(H,23,25)/t17?,18-,29?/m0/s1. The Morgan fingerprint density at radius 2 is 1.62 bits per heavy atom. The molecule has 0 saturated heterocycles. The largest absolute Gasteiger partial charge is 0.464 e. The van der Waals surface area contributed by atoms with Crippen molar-refractivity contribution in [3.05, 3.63) is 29.3 Å². The average Bonchev–Trinajstić information content (AvgIpc) is 2.65. The smallest absolute Gasteiger partial charge is 0.342 e. The van der Waals surface area contributed by atoms with E-state index in [9.17, 15) is 9.36 Å². The number of esters is 1. The van der Waals surface area contributed by atoms with Gasteiger partial charge >= 0.3 is 13.5 Å². The zero-order valence-electron chi connectivity index (χ0n) is 19.2. The fourth-order valence-corrected chi connectivity index (χ4v) is 4.53. The van der Waals surface area contributed by atoms with Crippen molar-refractivity contribution in [2.75, 3.05) is 20.1 Å². The van der Waals surface area contributed by atoms with Crippen LogP contribution in [0.25, 0.3) is 0 Å². The van der Waals surface area contributed by atoms with E-state index >= 15 is 0 Å². The van der Waals surface area contributed by atoms with Gasteiger partial charge in [0.05, 0.1) is 6.61 Å². The van der Waals surface area contributed by atoms with Crippen LogP contribution in [0.4, 0.5) is 0 Å². The van der Waals surface area contributed by atoms with E-state index in [0.29, 0.717) is 12.4 Å². The van der Waals surface area contributed by atoms with Gasteiger partial charge in [0.2, 0.25) is 0 Å². The topological polar surface area (TPSA) is 73.9 Å². The Morgan fingerprint density at radius 1 is 1.07 bits per heavy atom. The van der Waals surface area contributed by atoms with Crippen molar-refractivity contribution in [3.8, 4) is 5.75 Å². The van der Waals surface area contributed by atoms with Gasteiger partial charge in [0.25, 0.3) is 0 Å². The number of hydrogen-bond donors (Lipinski definition) is 1. The third-order valence-electron chi connectivity index (χ3n) is 4.81. The van der Waals surface area contributed by atoms with Crippen molar-refractivity contribution >= 4 is 13.5 Å². The summed E-state index contributed by atoms with van der Waals surface area (Å²) in [6.07, 6.45) is 0.768. The summed E-state index contributed by atoms with van der Waals surface area (Å²) in [7, 11) is -2.05. The molecule has 1 N–H and O–H groups in total. The summed E-state index contributed by atoms with van der Waals surface area (Å²) in [6, 6.07) is 5.16. The molecule has 0 saturated carbocycles. The van der Waals surface area contributed by atoms with Crippen molar-refractivity contribution in [1.29, 1.82) is 0 Å². The molecule has 0 aliphatic carbocycles. The van der Waals surface area contributed by atoms with Gasteiger partial charge in [-0.2, -0.15) is 0 Å². The minimum atomic E-state index is -3.51. The average molecular weight is 428 g/mol. The Morgan fingerprint density at radius 3 is 2.07 bits per heavy atom. The summed E-state index contributed by atoms with van der Waals surface area (Å²) in [5.41, 5.74) is 1.95. The van der Waals surface area contributed by atoms with Gasteiger partial charge in [0.1, 0.15) is 18.1 Å². The first-order chi connectivity index (χ1) is 13.5. The van der Waals surface area contributed by atoms with Crippen molar-refractivity contribution in [1.82, 2.24) is 5.09 Å². The van der Waals surface area contributed by atoms with Crippen molar-refractivity contribution in [2.24, 2.45) is 5.92 Å². The molecule has 29 heavy (non-hydrogen) atoms. The van der Waals surface area contributed by atoms with E-state index < -0.39 is 19.5 Å². The monoisotopic (exact) mass is 427 g/mol. The molecule has 0 aliphatic heterocycles. The first-order valence-corrected chi connectivity index (χ1v) is 12.2. The minimum Gasteiger partial charge on any atom is -0.464 e. The molecule has 0 radical (unpaired) electrons. The number of nitrogens with one attached hydrogen (secondary N) is 1. The predicted octanol–water partition coefficient (Wildman–Crippen LogP) is 5.68. The molecule has 0 fully saturated rings. The highest BCUT2D eigenvalue weighted by molar-refractivity contribution is 7.57. The lowest BCUT2D eigenvalue weighted by Gasteiger charge is -2.27. The summed E-state index contributed by atoms with van der Waals surface area (Å²) in [5, 5.41) is 2.85. The quantitative estimate of drug-likeness (QED) is 0.342. The maximum Gasteiger partial charge on any atom is 0.342 e. The molecule has 7 heteroatoms. The molecule has 0 aromatic heterocycles. The van der Waals surface area contributed by atoms with Crippen LogP contribution in [0.1, 0.15) is 77.8 Å². The summed E-state index contributed by atoms with van der Waals surface area (Å²) < 4.78 is 30.2. The SMILES string of the molecule is CCC(C)COC(=O)[C@H](C)NP(=O)(COC)Oc1c(C(C)C)cccc1C(C)C. The van der Waals surface area contributed by atoms with Gasteiger partial charge in [-0.1, -0.05) is 66.2 Å². The number of carbonyl (C=O) groups is 1. The van der Waals surface area contributed by atoms with Gasteiger partial charge in [0.15, 0.2) is 0 Å². The lowest BCUT2D eigenvalue weighted by molar-refractivity contribution is -0.146. The first kappa shape index (κ1) is 25.7. The molecule has 0 spiro atoms. The molecule has 3 atom stereocenters. The summed E-state index contributed by atoms with van der Waals surface area (Å²) in [6.45, 7) is 14.3. The molecule has 1 rings (SSSR count). The van der Waals surface area contributed by atoms with Crippen LogP contribution in [0.2, 0.25) is 0 Å². The highest BCUT2D eigenvalue weighted by Gasteiger charge is 2.32. The normalized spacial score (nSPS) is 15.8. The van der Waals surface area contributed by atoms with Crippen LogP contribution >= 0.6 is 7.52 Å². The molecule has 0 aliphatic rings. The first-order valence-electron chi connectivity index (χ1n) is 10.4. The Hall–Kier alpha value is -1.36. The van der Waals surface area contributed by atoms with Crippen LogP contribution in [0.15, 0.2) is 18.2 Å². The number of carbonyl (C=O) groups excluding carboxylic acids is 1. The lowest BCUT2D eigenvalue weighted by atomic mass is 9.94. The van der Waals surface area contributed by atoms with E-state index in [1.807, 2.05) is 32.0 Å². The fourth-order valence-electron chi connectivity index (χ4n) is 2.81. The predicted molar refractivity (Wildman–Crippen MR) is 118 cm³/mol. The van der Waals surface area contributed by atoms with Crippen LogP contribution in [-0.4, -0.2) is 32.1 Å². The van der Waals surface area contributed by atoms with Crippen molar-refractivity contribution < 1.29 is 23.4 Å². The van der Waals surface area contributed by atoms with Crippen molar-refractivity contribution in [3.63, 3.8) is 0 Å². The number of para-hydroxylation sites is 1. The van der Waals surface area contributed by atoms with Crippen LogP contribution in [-0.2, 0) is 18.8 Å². The summed E-state index contributed by atoms with van der Waals surface area (Å²) in [5.74, 6) is 0.812. The van der Waals surface area contributed by atoms with E-state index in [0.717, 1.165) is 17.5 Å². The number of rotatable bonds is 12. The molecule has 0 bridgehead atoms. The molecular formula is C22H38NO5P. The van der Waals surface area contributed by atoms with Gasteiger partial charge in [-0.05, 0) is 35.8 Å². The zero-order valence-corrected chi connectivity index (χ0v) is 20.0. The van der Waals surface area contributed by atoms with Crippen LogP contribution in [0.3, 0.4) is 0 Å². The van der Waals surface area contributed by atoms with Gasteiger partial charge in [-0.25, -0.2) is 5.09 Å². The number of hydrogen-bond acceptors (Lipinski definition) is 5. The van der Waals surface area contributed by atoms with Gasteiger partial charge in [0, 0.05) is 7.11 Å². The Balaban J connectivity index is 3.11. The number of ether oxygens (including phenoxy) is 2. The Labute approximate surface area is 176 Å². The van der Waals surface area contributed by atoms with E-state index in [-0.39, 0.29) is 24.1 Å². The second kappa shape index (κ2) is 11.7. The molecule has 1 aromatic rings. The highest BCUT2D eigenvalue weighted by atomic mass is 31.2. The highest BCUT2D eigenvalue weighted by Crippen LogP contribution is 2.48. The lowest BCUT2D eigenvalue weighted by Crippen LogP contribution is -2.36. The Bertz CT molecular complexity index is 678. The Kier molecular flexibility index (Phi) is 10.4. The van der Waals surface area contributed by atoms with E-state index in [4.69, 9.17) is 14.0 Å². The summed E-state index contributed by atoms with van der Waals surface area (Å²) >= 11 is 0. The number of benzene rings is 1. The number of methoxy groups -OCH3 is 1. The molecule has 6 nitrogen and oxygen atoms in total. The fraction of sp³-hybridized carbons (Fsp3) is 0.682. The second-order valence-corrected chi connectivity index (χ2v) is 10.3. The van der Waals surface area contributed by atoms with Gasteiger partial charge in [-0.3, -0.25) is 9.36 Å². The zero-order chi connectivity index (χ0) is 22.2. The van der Waals surface area contributed by atoms with E-state index in [2.05, 4.69) is 32.8 Å². The van der Waals surface area contributed by atoms with Crippen LogP contribution in [0, 0.1) is 5.92 Å². The molecule has 166 valence electrons. The van der Waals surface area contributed by atoms with Crippen LogP contribution in [0.5, 0.6) is 5.75 Å². The third kappa shape index (κ3) is 7.76. The third-order valence-corrected chi connectivity index (χ3v) is 6.67. The van der Waals surface area contributed by atoms with Gasteiger partial charge < -0.3 is 14.0 Å². The van der Waals surface area contributed by atoms with Gasteiger partial charge in [-0.15, -0.1) is 0 Å². The van der Waals surface area contributed by atoms with E-state index in [1.165, 1.54) is 7.11 Å².